The van der Waals surface area contributed by atoms with Crippen molar-refractivity contribution < 1.29 is 19.1 Å². The number of nitrogens with zero attached hydrogens (tertiary/aromatic N) is 1. The van der Waals surface area contributed by atoms with Gasteiger partial charge in [-0.25, -0.2) is 4.79 Å². The molecule has 0 aromatic heterocycles. The molecule has 118 valence electrons. The summed E-state index contributed by atoms with van der Waals surface area (Å²) in [6.07, 6.45) is 1.72. The van der Waals surface area contributed by atoms with Crippen molar-refractivity contribution in [2.75, 3.05) is 20.8 Å². The lowest BCUT2D eigenvalue weighted by atomic mass is 10.0. The third-order valence-corrected chi connectivity index (χ3v) is 3.59. The second-order valence-electron chi connectivity index (χ2n) is 4.69. The average Bonchev–Trinajstić information content (AvgIpc) is 2.53. The maximum Gasteiger partial charge on any atom is 0.324 e. The normalized spacial score (nSPS) is 18.5. The number of rotatable bonds is 5. The van der Waals surface area contributed by atoms with E-state index in [4.69, 9.17) is 21.1 Å². The van der Waals surface area contributed by atoms with Crippen LogP contribution in [-0.2, 0) is 4.79 Å². The molecular formula is C15H17ClN2O4. The molecular weight excluding hydrogens is 308 g/mol. The molecule has 1 fully saturated rings. The molecule has 1 aliphatic rings. The van der Waals surface area contributed by atoms with E-state index in [9.17, 15) is 9.59 Å². The molecule has 0 aliphatic carbocycles. The van der Waals surface area contributed by atoms with Crippen LogP contribution in [0.5, 0.6) is 11.5 Å². The van der Waals surface area contributed by atoms with E-state index in [0.717, 1.165) is 10.5 Å². The van der Waals surface area contributed by atoms with E-state index < -0.39 is 12.1 Å². The zero-order chi connectivity index (χ0) is 16.1. The van der Waals surface area contributed by atoms with Crippen LogP contribution in [0.15, 0.2) is 29.8 Å². The second-order valence-corrected chi connectivity index (χ2v) is 4.94. The first kappa shape index (κ1) is 16.2. The fraction of sp³-hybridized carbons (Fsp3) is 0.333. The van der Waals surface area contributed by atoms with E-state index in [0.29, 0.717) is 11.5 Å². The number of hydrogen-bond acceptors (Lipinski definition) is 4. The number of methoxy groups -OCH3 is 2. The maximum absolute atomic E-state index is 12.1. The van der Waals surface area contributed by atoms with Gasteiger partial charge in [0.05, 0.1) is 26.7 Å². The Morgan fingerprint density at radius 3 is 2.64 bits per heavy atom. The highest BCUT2D eigenvalue weighted by Gasteiger charge is 2.32. The Bertz CT molecular complexity index is 585. The standard InChI is InChI=1S/C15H17ClN2O4/c1-21-12-5-4-10(8-13(12)22-2)11-9-14(19)18(7-3-6-16)15(20)17-11/h3-6,8,11H,7,9H2,1-2H3,(H,17,20)/b6-3+. The van der Waals surface area contributed by atoms with Gasteiger partial charge in [0, 0.05) is 12.1 Å². The molecule has 1 aromatic carbocycles. The third-order valence-electron chi connectivity index (χ3n) is 3.41. The van der Waals surface area contributed by atoms with Gasteiger partial charge in [0.25, 0.3) is 0 Å². The minimum Gasteiger partial charge on any atom is -0.493 e. The average molecular weight is 325 g/mol. The molecule has 7 heteroatoms. The number of imide groups is 1. The van der Waals surface area contributed by atoms with Gasteiger partial charge < -0.3 is 14.8 Å². The number of halogens is 1. The number of ether oxygens (including phenoxy) is 2. The summed E-state index contributed by atoms with van der Waals surface area (Å²) in [4.78, 5) is 25.3. The van der Waals surface area contributed by atoms with E-state index in [1.54, 1.807) is 25.3 Å². The molecule has 22 heavy (non-hydrogen) atoms. The lowest BCUT2D eigenvalue weighted by Crippen LogP contribution is -2.51. The summed E-state index contributed by atoms with van der Waals surface area (Å²) in [5, 5.41) is 2.80. The van der Waals surface area contributed by atoms with Crippen molar-refractivity contribution in [3.05, 3.63) is 35.4 Å². The number of amides is 3. The van der Waals surface area contributed by atoms with Crippen LogP contribution in [0.2, 0.25) is 0 Å². The van der Waals surface area contributed by atoms with Gasteiger partial charge >= 0.3 is 6.03 Å². The Labute approximate surface area is 133 Å². The van der Waals surface area contributed by atoms with Crippen LogP contribution in [-0.4, -0.2) is 37.6 Å². The van der Waals surface area contributed by atoms with E-state index in [-0.39, 0.29) is 18.9 Å². The van der Waals surface area contributed by atoms with E-state index in [2.05, 4.69) is 5.32 Å². The van der Waals surface area contributed by atoms with Gasteiger partial charge in [-0.1, -0.05) is 23.7 Å². The van der Waals surface area contributed by atoms with Gasteiger partial charge in [0.2, 0.25) is 5.91 Å². The summed E-state index contributed by atoms with van der Waals surface area (Å²) in [6, 6.07) is 4.47. The van der Waals surface area contributed by atoms with Gasteiger partial charge in [-0.15, -0.1) is 0 Å². The molecule has 6 nitrogen and oxygen atoms in total. The molecule has 1 N–H and O–H groups in total. The fourth-order valence-corrected chi connectivity index (χ4v) is 2.36. The van der Waals surface area contributed by atoms with Gasteiger partial charge in [-0.2, -0.15) is 0 Å². The Kier molecular flexibility index (Phi) is 5.27. The number of carbonyl (C=O) groups is 2. The highest BCUT2D eigenvalue weighted by molar-refractivity contribution is 6.25. The van der Waals surface area contributed by atoms with Crippen LogP contribution in [0.25, 0.3) is 0 Å². The molecule has 0 bridgehead atoms. The summed E-state index contributed by atoms with van der Waals surface area (Å²) in [5.74, 6) is 0.890. The third kappa shape index (κ3) is 3.33. The first-order valence-corrected chi connectivity index (χ1v) is 7.12. The number of urea groups is 1. The van der Waals surface area contributed by atoms with Crippen molar-refractivity contribution in [2.24, 2.45) is 0 Å². The van der Waals surface area contributed by atoms with Crippen LogP contribution < -0.4 is 14.8 Å². The number of benzene rings is 1. The Morgan fingerprint density at radius 1 is 1.32 bits per heavy atom. The number of hydrogen-bond donors (Lipinski definition) is 1. The van der Waals surface area contributed by atoms with Crippen molar-refractivity contribution >= 4 is 23.5 Å². The Morgan fingerprint density at radius 2 is 2.05 bits per heavy atom. The van der Waals surface area contributed by atoms with E-state index in [1.807, 2.05) is 0 Å². The van der Waals surface area contributed by atoms with Gasteiger partial charge in [-0.05, 0) is 17.7 Å². The SMILES string of the molecule is COc1ccc(C2CC(=O)N(C/C=C/Cl)C(=O)N2)cc1OC. The topological polar surface area (TPSA) is 67.9 Å². The molecule has 0 radical (unpaired) electrons. The molecule has 1 saturated heterocycles. The van der Waals surface area contributed by atoms with Crippen LogP contribution in [0.4, 0.5) is 4.79 Å². The minimum absolute atomic E-state index is 0.160. The highest BCUT2D eigenvalue weighted by atomic mass is 35.5. The Balaban J connectivity index is 2.18. The van der Waals surface area contributed by atoms with Crippen LogP contribution in [0.3, 0.4) is 0 Å². The zero-order valence-corrected chi connectivity index (χ0v) is 13.1. The molecule has 2 rings (SSSR count). The second kappa shape index (κ2) is 7.17. The first-order chi connectivity index (χ1) is 10.6. The highest BCUT2D eigenvalue weighted by Crippen LogP contribution is 2.32. The lowest BCUT2D eigenvalue weighted by molar-refractivity contribution is -0.129. The largest absolute Gasteiger partial charge is 0.493 e. The van der Waals surface area contributed by atoms with Crippen LogP contribution in [0.1, 0.15) is 18.0 Å². The number of carbonyl (C=O) groups excluding carboxylic acids is 2. The summed E-state index contributed by atoms with van der Waals surface area (Å²) < 4.78 is 10.4. The van der Waals surface area contributed by atoms with Crippen molar-refractivity contribution in [3.63, 3.8) is 0 Å². The van der Waals surface area contributed by atoms with Crippen molar-refractivity contribution in [1.82, 2.24) is 10.2 Å². The van der Waals surface area contributed by atoms with Gasteiger partial charge in [-0.3, -0.25) is 9.69 Å². The predicted octanol–water partition coefficient (Wildman–Crippen LogP) is 2.44. The van der Waals surface area contributed by atoms with Crippen molar-refractivity contribution in [1.29, 1.82) is 0 Å². The maximum atomic E-state index is 12.1. The molecule has 3 amide bonds. The predicted molar refractivity (Wildman–Crippen MR) is 82.1 cm³/mol. The zero-order valence-electron chi connectivity index (χ0n) is 12.3. The molecule has 1 heterocycles. The van der Waals surface area contributed by atoms with Crippen LogP contribution in [0, 0.1) is 0 Å². The summed E-state index contributed by atoms with van der Waals surface area (Å²) in [6.45, 7) is 0.160. The number of nitrogens with one attached hydrogen (secondary N) is 1. The van der Waals surface area contributed by atoms with Gasteiger partial charge in [0.15, 0.2) is 11.5 Å². The monoisotopic (exact) mass is 324 g/mol. The molecule has 1 atom stereocenters. The molecule has 1 aromatic rings. The quantitative estimate of drug-likeness (QED) is 0.903. The fourth-order valence-electron chi connectivity index (χ4n) is 2.28. The summed E-state index contributed by atoms with van der Waals surface area (Å²) in [7, 11) is 3.08. The smallest absolute Gasteiger partial charge is 0.324 e. The first-order valence-electron chi connectivity index (χ1n) is 6.68. The molecule has 1 aliphatic heterocycles. The molecule has 0 spiro atoms. The summed E-state index contributed by atoms with van der Waals surface area (Å²) in [5.41, 5.74) is 2.06. The minimum atomic E-state index is -0.439. The van der Waals surface area contributed by atoms with Crippen molar-refractivity contribution in [2.45, 2.75) is 12.5 Å². The van der Waals surface area contributed by atoms with Crippen molar-refractivity contribution in [3.8, 4) is 11.5 Å². The Hall–Kier alpha value is -2.21. The van der Waals surface area contributed by atoms with Gasteiger partial charge in [0.1, 0.15) is 0 Å². The molecule has 0 saturated carbocycles. The summed E-state index contributed by atoms with van der Waals surface area (Å²) >= 11 is 5.43. The van der Waals surface area contributed by atoms with Crippen LogP contribution >= 0.6 is 11.6 Å². The lowest BCUT2D eigenvalue weighted by Gasteiger charge is -2.31. The molecule has 1 unspecified atom stereocenters. The van der Waals surface area contributed by atoms with E-state index >= 15 is 0 Å². The van der Waals surface area contributed by atoms with E-state index in [1.165, 1.54) is 18.7 Å².